The Morgan fingerprint density at radius 3 is 2.26 bits per heavy atom. The van der Waals surface area contributed by atoms with Crippen molar-refractivity contribution in [3.8, 4) is 5.75 Å². The molecule has 0 bridgehead atoms. The lowest BCUT2D eigenvalue weighted by Crippen LogP contribution is -2.40. The molecule has 0 heterocycles. The van der Waals surface area contributed by atoms with Crippen molar-refractivity contribution in [1.82, 2.24) is 5.32 Å². The van der Waals surface area contributed by atoms with E-state index in [0.717, 1.165) is 36.1 Å². The van der Waals surface area contributed by atoms with E-state index >= 15 is 0 Å². The molecule has 0 spiro atoms. The molecule has 7 heteroatoms. The lowest BCUT2D eigenvalue weighted by Gasteiger charge is -2.30. The van der Waals surface area contributed by atoms with Crippen molar-refractivity contribution >= 4 is 11.9 Å². The molecule has 2 atom stereocenters. The Morgan fingerprint density at radius 1 is 0.941 bits per heavy atom. The predicted octanol–water partition coefficient (Wildman–Crippen LogP) is 3.36. The molecule has 2 aromatic carbocycles. The van der Waals surface area contributed by atoms with Gasteiger partial charge in [-0.05, 0) is 61.8 Å². The van der Waals surface area contributed by atoms with E-state index in [1.54, 1.807) is 0 Å². The first-order valence-electron chi connectivity index (χ1n) is 12.1. The van der Waals surface area contributed by atoms with Gasteiger partial charge in [-0.15, -0.1) is 0 Å². The molecule has 34 heavy (non-hydrogen) atoms. The Labute approximate surface area is 202 Å². The van der Waals surface area contributed by atoms with Crippen LogP contribution in [-0.2, 0) is 27.5 Å². The van der Waals surface area contributed by atoms with Crippen LogP contribution in [-0.4, -0.2) is 30.6 Å². The fourth-order valence-corrected chi connectivity index (χ4v) is 4.26. The molecular formula is C27H37N3O4. The van der Waals surface area contributed by atoms with Gasteiger partial charge in [0.25, 0.3) is 0 Å². The normalized spacial score (nSPS) is 19.9. The fraction of sp³-hybridized carbons (Fsp3) is 0.481. The number of benzene rings is 2. The second-order valence-electron chi connectivity index (χ2n) is 9.32. The van der Waals surface area contributed by atoms with Crippen LogP contribution in [0.3, 0.4) is 0 Å². The molecule has 2 aromatic rings. The van der Waals surface area contributed by atoms with Gasteiger partial charge < -0.3 is 26.3 Å². The summed E-state index contributed by atoms with van der Waals surface area (Å²) < 4.78 is 11.1. The van der Waals surface area contributed by atoms with E-state index in [1.807, 2.05) is 55.5 Å². The molecule has 1 saturated carbocycles. The molecule has 1 aliphatic carbocycles. The van der Waals surface area contributed by atoms with Gasteiger partial charge in [0.15, 0.2) is 0 Å². The second-order valence-corrected chi connectivity index (χ2v) is 9.32. The van der Waals surface area contributed by atoms with Crippen LogP contribution in [0.4, 0.5) is 0 Å². The number of rotatable bonds is 11. The van der Waals surface area contributed by atoms with E-state index in [-0.39, 0.29) is 36.5 Å². The summed E-state index contributed by atoms with van der Waals surface area (Å²) in [5, 5.41) is 2.93. The molecule has 1 fully saturated rings. The summed E-state index contributed by atoms with van der Waals surface area (Å²) in [5.74, 6) is 0.720. The third-order valence-corrected chi connectivity index (χ3v) is 6.08. The van der Waals surface area contributed by atoms with Crippen molar-refractivity contribution in [3.63, 3.8) is 0 Å². The third-order valence-electron chi connectivity index (χ3n) is 6.08. The van der Waals surface area contributed by atoms with Gasteiger partial charge in [-0.25, -0.2) is 0 Å². The van der Waals surface area contributed by atoms with Crippen molar-refractivity contribution in [2.45, 2.75) is 70.7 Å². The van der Waals surface area contributed by atoms with Gasteiger partial charge in [-0.3, -0.25) is 9.59 Å². The van der Waals surface area contributed by atoms with Gasteiger partial charge in [-0.2, -0.15) is 0 Å². The average Bonchev–Trinajstić information content (AvgIpc) is 2.80. The number of amides is 1. The molecule has 0 aliphatic heterocycles. The minimum atomic E-state index is -0.215. The maximum absolute atomic E-state index is 12.2. The first-order chi connectivity index (χ1) is 16.4. The number of hydrogen-bond acceptors (Lipinski definition) is 6. The van der Waals surface area contributed by atoms with Gasteiger partial charge in [0, 0.05) is 31.5 Å². The monoisotopic (exact) mass is 467 g/mol. The highest BCUT2D eigenvalue weighted by atomic mass is 16.5. The van der Waals surface area contributed by atoms with Crippen LogP contribution in [0.25, 0.3) is 0 Å². The van der Waals surface area contributed by atoms with Gasteiger partial charge in [0.05, 0.1) is 6.61 Å². The Morgan fingerprint density at radius 2 is 1.59 bits per heavy atom. The lowest BCUT2D eigenvalue weighted by molar-refractivity contribution is -0.146. The Hall–Kier alpha value is -2.90. The van der Waals surface area contributed by atoms with Crippen molar-refractivity contribution in [3.05, 3.63) is 65.2 Å². The number of ether oxygens (including phenoxy) is 2. The van der Waals surface area contributed by atoms with Crippen molar-refractivity contribution in [2.24, 2.45) is 17.4 Å². The second kappa shape index (κ2) is 13.1. The zero-order chi connectivity index (χ0) is 24.3. The number of carbonyl (C=O) groups is 2. The minimum absolute atomic E-state index is 0.0125. The largest absolute Gasteiger partial charge is 0.494 e. The number of carbonyl (C=O) groups excluding carboxylic acids is 2. The highest BCUT2D eigenvalue weighted by Gasteiger charge is 2.26. The molecule has 3 rings (SSSR count). The Balaban J connectivity index is 1.28. The number of esters is 1. The van der Waals surface area contributed by atoms with Crippen molar-refractivity contribution in [2.75, 3.05) is 6.61 Å². The summed E-state index contributed by atoms with van der Waals surface area (Å²) in [6.45, 7) is 3.26. The molecule has 184 valence electrons. The number of aryl methyl sites for hydroxylation is 1. The molecule has 0 aromatic heterocycles. The summed E-state index contributed by atoms with van der Waals surface area (Å²) in [6, 6.07) is 15.7. The number of nitrogens with one attached hydrogen (secondary N) is 1. The van der Waals surface area contributed by atoms with Crippen LogP contribution in [0.1, 0.15) is 55.2 Å². The molecule has 1 amide bonds. The highest BCUT2D eigenvalue weighted by Crippen LogP contribution is 2.26. The first-order valence-corrected chi connectivity index (χ1v) is 12.1. The van der Waals surface area contributed by atoms with Crippen LogP contribution in [0.2, 0.25) is 0 Å². The van der Waals surface area contributed by atoms with E-state index in [0.29, 0.717) is 32.4 Å². The van der Waals surface area contributed by atoms with E-state index in [9.17, 15) is 9.59 Å². The SMILES string of the molecule is Cc1ccc(CNC(=O)CCCOc2ccc(COC(=O)CC3CC(N)CC(N)C3)cc2)cc1. The van der Waals surface area contributed by atoms with Crippen LogP contribution < -0.4 is 21.5 Å². The van der Waals surface area contributed by atoms with Crippen LogP contribution in [0.5, 0.6) is 5.75 Å². The predicted molar refractivity (Wildman–Crippen MR) is 132 cm³/mol. The number of hydrogen-bond donors (Lipinski definition) is 3. The molecule has 5 N–H and O–H groups in total. The van der Waals surface area contributed by atoms with Crippen LogP contribution in [0.15, 0.2) is 48.5 Å². The van der Waals surface area contributed by atoms with Gasteiger partial charge >= 0.3 is 5.97 Å². The standard InChI is InChI=1S/C27H37N3O4/c1-19-4-6-20(7-5-19)17-30-26(31)3-2-12-33-25-10-8-21(9-11-25)18-34-27(32)15-22-13-23(28)16-24(29)14-22/h4-11,22-24H,2-3,12-18,28-29H2,1H3,(H,30,31). The summed E-state index contributed by atoms with van der Waals surface area (Å²) in [4.78, 5) is 24.2. The van der Waals surface area contributed by atoms with Crippen LogP contribution >= 0.6 is 0 Å². The molecule has 2 unspecified atom stereocenters. The van der Waals surface area contributed by atoms with E-state index in [1.165, 1.54) is 5.56 Å². The van der Waals surface area contributed by atoms with E-state index in [4.69, 9.17) is 20.9 Å². The number of nitrogens with two attached hydrogens (primary N) is 2. The fourth-order valence-electron chi connectivity index (χ4n) is 4.26. The van der Waals surface area contributed by atoms with Crippen LogP contribution in [0, 0.1) is 12.8 Å². The van der Waals surface area contributed by atoms with Crippen molar-refractivity contribution < 1.29 is 19.1 Å². The highest BCUT2D eigenvalue weighted by molar-refractivity contribution is 5.75. The molecule has 7 nitrogen and oxygen atoms in total. The average molecular weight is 468 g/mol. The molecule has 0 radical (unpaired) electrons. The van der Waals surface area contributed by atoms with E-state index < -0.39 is 0 Å². The maximum atomic E-state index is 12.2. The third kappa shape index (κ3) is 9.15. The summed E-state index contributed by atoms with van der Waals surface area (Å²) in [5.41, 5.74) is 15.2. The first kappa shape index (κ1) is 25.7. The quantitative estimate of drug-likeness (QED) is 0.345. The van der Waals surface area contributed by atoms with E-state index in [2.05, 4.69) is 5.32 Å². The lowest BCUT2D eigenvalue weighted by atomic mass is 9.81. The molecular weight excluding hydrogens is 430 g/mol. The zero-order valence-electron chi connectivity index (χ0n) is 20.0. The minimum Gasteiger partial charge on any atom is -0.494 e. The topological polar surface area (TPSA) is 117 Å². The molecule has 0 saturated heterocycles. The molecule has 1 aliphatic rings. The van der Waals surface area contributed by atoms with Crippen molar-refractivity contribution in [1.29, 1.82) is 0 Å². The van der Waals surface area contributed by atoms with Gasteiger partial charge in [0.2, 0.25) is 5.91 Å². The summed E-state index contributed by atoms with van der Waals surface area (Å²) in [6.07, 6.45) is 3.87. The summed E-state index contributed by atoms with van der Waals surface area (Å²) in [7, 11) is 0. The van der Waals surface area contributed by atoms with Gasteiger partial charge in [0.1, 0.15) is 12.4 Å². The smallest absolute Gasteiger partial charge is 0.306 e. The Kier molecular flexibility index (Phi) is 9.91. The maximum Gasteiger partial charge on any atom is 0.306 e. The zero-order valence-corrected chi connectivity index (χ0v) is 20.0. The summed E-state index contributed by atoms with van der Waals surface area (Å²) >= 11 is 0. The van der Waals surface area contributed by atoms with Gasteiger partial charge in [-0.1, -0.05) is 42.0 Å². The Bertz CT molecular complexity index is 904.